The number of aromatic nitrogens is 3. The largest absolute Gasteiger partial charge is 0.496 e. The second kappa shape index (κ2) is 12.3. The fraction of sp³-hybridized carbons (Fsp3) is 0.154. The van der Waals surface area contributed by atoms with E-state index >= 15 is 0 Å². The average Bonchev–Trinajstić information content (AvgIpc) is 3.36. The van der Waals surface area contributed by atoms with Gasteiger partial charge in [0.15, 0.2) is 11.0 Å². The van der Waals surface area contributed by atoms with E-state index in [1.807, 2.05) is 47.0 Å². The minimum Gasteiger partial charge on any atom is -0.496 e. The molecule has 0 fully saturated rings. The number of thioether (sulfide) groups is 1. The standard InChI is InChI=1S/C26H24ClN5O4S/c1-34-20-13-22(35-2)21(23(14-20)36-3)15-28-29-24(33)16-37-26-31-30-25(17-9-11-18(27)12-10-17)32(26)19-7-5-4-6-8-19/h4-15H,16H2,1-3H3,(H,29,33)/b28-15+. The van der Waals surface area contributed by atoms with Crippen LogP contribution in [0.3, 0.4) is 0 Å². The molecule has 3 aromatic carbocycles. The van der Waals surface area contributed by atoms with Crippen molar-refractivity contribution in [2.75, 3.05) is 27.1 Å². The van der Waals surface area contributed by atoms with E-state index < -0.39 is 0 Å². The van der Waals surface area contributed by atoms with Gasteiger partial charge in [-0.2, -0.15) is 5.10 Å². The van der Waals surface area contributed by atoms with Crippen LogP contribution in [-0.4, -0.2) is 54.0 Å². The number of nitrogens with zero attached hydrogens (tertiary/aromatic N) is 4. The third-order valence-electron chi connectivity index (χ3n) is 5.22. The van der Waals surface area contributed by atoms with E-state index in [-0.39, 0.29) is 11.7 Å². The number of benzene rings is 3. The number of hydrazone groups is 1. The first kappa shape index (κ1) is 26.1. The monoisotopic (exact) mass is 537 g/mol. The normalized spacial score (nSPS) is 10.9. The van der Waals surface area contributed by atoms with Crippen molar-refractivity contribution in [2.24, 2.45) is 5.10 Å². The van der Waals surface area contributed by atoms with Crippen molar-refractivity contribution in [3.8, 4) is 34.3 Å². The molecule has 1 amide bonds. The van der Waals surface area contributed by atoms with Crippen LogP contribution in [0.1, 0.15) is 5.56 Å². The van der Waals surface area contributed by atoms with E-state index in [0.717, 1.165) is 11.3 Å². The van der Waals surface area contributed by atoms with Crippen LogP contribution in [0.25, 0.3) is 17.1 Å². The molecular weight excluding hydrogens is 514 g/mol. The summed E-state index contributed by atoms with van der Waals surface area (Å²) in [5.74, 6) is 1.96. The zero-order valence-corrected chi connectivity index (χ0v) is 21.9. The fourth-order valence-electron chi connectivity index (χ4n) is 3.45. The molecule has 0 aliphatic heterocycles. The Kier molecular flexibility index (Phi) is 8.65. The fourth-order valence-corrected chi connectivity index (χ4v) is 4.32. The Morgan fingerprint density at radius 1 is 1.00 bits per heavy atom. The van der Waals surface area contributed by atoms with Gasteiger partial charge in [-0.3, -0.25) is 9.36 Å². The quantitative estimate of drug-likeness (QED) is 0.175. The zero-order valence-electron chi connectivity index (χ0n) is 20.3. The number of halogens is 1. The lowest BCUT2D eigenvalue weighted by Gasteiger charge is -2.12. The number of hydrogen-bond acceptors (Lipinski definition) is 8. The maximum atomic E-state index is 12.6. The predicted molar refractivity (Wildman–Crippen MR) is 144 cm³/mol. The number of rotatable bonds is 10. The van der Waals surface area contributed by atoms with Crippen molar-refractivity contribution in [3.63, 3.8) is 0 Å². The number of methoxy groups -OCH3 is 3. The molecule has 0 saturated carbocycles. The molecule has 0 spiro atoms. The summed E-state index contributed by atoms with van der Waals surface area (Å²) >= 11 is 7.30. The number of amides is 1. The lowest BCUT2D eigenvalue weighted by molar-refractivity contribution is -0.118. The Morgan fingerprint density at radius 3 is 2.30 bits per heavy atom. The van der Waals surface area contributed by atoms with Crippen LogP contribution in [0.2, 0.25) is 5.02 Å². The van der Waals surface area contributed by atoms with E-state index in [1.54, 1.807) is 31.4 Å². The summed E-state index contributed by atoms with van der Waals surface area (Å²) in [6.07, 6.45) is 1.46. The number of carbonyl (C=O) groups excluding carboxylic acids is 1. The topological polar surface area (TPSA) is 99.9 Å². The summed E-state index contributed by atoms with van der Waals surface area (Å²) in [6.45, 7) is 0. The third kappa shape index (κ3) is 6.22. The summed E-state index contributed by atoms with van der Waals surface area (Å²) < 4.78 is 18.0. The van der Waals surface area contributed by atoms with Gasteiger partial charge in [-0.25, -0.2) is 5.43 Å². The molecule has 1 N–H and O–H groups in total. The highest BCUT2D eigenvalue weighted by atomic mass is 35.5. The smallest absolute Gasteiger partial charge is 0.250 e. The second-order valence-electron chi connectivity index (χ2n) is 7.51. The number of ether oxygens (including phenoxy) is 3. The maximum Gasteiger partial charge on any atom is 0.250 e. The van der Waals surface area contributed by atoms with E-state index in [1.165, 1.54) is 32.2 Å². The molecule has 4 aromatic rings. The number of hydrogen-bond donors (Lipinski definition) is 1. The highest BCUT2D eigenvalue weighted by Crippen LogP contribution is 2.33. The Morgan fingerprint density at radius 2 is 1.68 bits per heavy atom. The highest BCUT2D eigenvalue weighted by Gasteiger charge is 2.17. The molecule has 0 atom stereocenters. The van der Waals surface area contributed by atoms with Crippen LogP contribution in [0, 0.1) is 0 Å². The zero-order chi connectivity index (χ0) is 26.2. The molecule has 0 aliphatic rings. The Balaban J connectivity index is 1.50. The molecule has 0 bridgehead atoms. The van der Waals surface area contributed by atoms with Gasteiger partial charge in [-0.1, -0.05) is 41.6 Å². The number of carbonyl (C=O) groups is 1. The summed E-state index contributed by atoms with van der Waals surface area (Å²) in [5, 5.41) is 14.0. The van der Waals surface area contributed by atoms with Crippen LogP contribution in [0.4, 0.5) is 0 Å². The number of para-hydroxylation sites is 1. The van der Waals surface area contributed by atoms with Crippen molar-refractivity contribution in [3.05, 3.63) is 77.3 Å². The molecule has 0 saturated heterocycles. The Hall–Kier alpha value is -4.02. The average molecular weight is 538 g/mol. The molecule has 11 heteroatoms. The van der Waals surface area contributed by atoms with E-state index in [4.69, 9.17) is 25.8 Å². The summed E-state index contributed by atoms with van der Waals surface area (Å²) in [6, 6.07) is 20.5. The minimum absolute atomic E-state index is 0.0693. The van der Waals surface area contributed by atoms with Crippen LogP contribution < -0.4 is 19.6 Å². The van der Waals surface area contributed by atoms with E-state index in [2.05, 4.69) is 20.7 Å². The molecular formula is C26H24ClN5O4S. The van der Waals surface area contributed by atoms with Crippen molar-refractivity contribution in [1.82, 2.24) is 20.2 Å². The van der Waals surface area contributed by atoms with Crippen LogP contribution in [0.15, 0.2) is 77.0 Å². The summed E-state index contributed by atoms with van der Waals surface area (Å²) in [7, 11) is 4.61. The van der Waals surface area contributed by atoms with Gasteiger partial charge < -0.3 is 14.2 Å². The highest BCUT2D eigenvalue weighted by molar-refractivity contribution is 7.99. The first-order chi connectivity index (χ1) is 18.0. The molecule has 37 heavy (non-hydrogen) atoms. The van der Waals surface area contributed by atoms with Crippen molar-refractivity contribution in [1.29, 1.82) is 0 Å². The van der Waals surface area contributed by atoms with Gasteiger partial charge >= 0.3 is 0 Å². The minimum atomic E-state index is -0.316. The third-order valence-corrected chi connectivity index (χ3v) is 6.40. The van der Waals surface area contributed by atoms with Gasteiger partial charge in [-0.05, 0) is 36.4 Å². The van der Waals surface area contributed by atoms with Gasteiger partial charge in [0, 0.05) is 28.4 Å². The molecule has 190 valence electrons. The first-order valence-electron chi connectivity index (χ1n) is 11.1. The van der Waals surface area contributed by atoms with Gasteiger partial charge in [-0.15, -0.1) is 10.2 Å². The SMILES string of the molecule is COc1cc(OC)c(/C=N/NC(=O)CSc2nnc(-c3ccc(Cl)cc3)n2-c2ccccc2)c(OC)c1. The second-order valence-corrected chi connectivity index (χ2v) is 8.89. The van der Waals surface area contributed by atoms with Gasteiger partial charge in [0.05, 0.1) is 38.9 Å². The van der Waals surface area contributed by atoms with E-state index in [9.17, 15) is 4.79 Å². The molecule has 4 rings (SSSR count). The van der Waals surface area contributed by atoms with Gasteiger partial charge in [0.2, 0.25) is 0 Å². The van der Waals surface area contributed by atoms with Crippen LogP contribution >= 0.6 is 23.4 Å². The molecule has 0 unspecified atom stereocenters. The molecule has 9 nitrogen and oxygen atoms in total. The Labute approximate surface area is 223 Å². The van der Waals surface area contributed by atoms with Crippen molar-refractivity contribution < 1.29 is 19.0 Å². The maximum absolute atomic E-state index is 12.6. The van der Waals surface area contributed by atoms with Crippen molar-refractivity contribution >= 4 is 35.5 Å². The Bertz CT molecular complexity index is 1370. The lowest BCUT2D eigenvalue weighted by atomic mass is 10.2. The van der Waals surface area contributed by atoms with Crippen molar-refractivity contribution in [2.45, 2.75) is 5.16 Å². The number of nitrogens with one attached hydrogen (secondary N) is 1. The molecule has 1 aromatic heterocycles. The first-order valence-corrected chi connectivity index (χ1v) is 12.4. The molecule has 0 aliphatic carbocycles. The van der Waals surface area contributed by atoms with Gasteiger partial charge in [0.25, 0.3) is 5.91 Å². The van der Waals surface area contributed by atoms with Crippen LogP contribution in [-0.2, 0) is 4.79 Å². The van der Waals surface area contributed by atoms with Gasteiger partial charge in [0.1, 0.15) is 17.2 Å². The summed E-state index contributed by atoms with van der Waals surface area (Å²) in [4.78, 5) is 12.6. The predicted octanol–water partition coefficient (Wildman–Crippen LogP) is 4.86. The summed E-state index contributed by atoms with van der Waals surface area (Å²) in [5.41, 5.74) is 4.82. The van der Waals surface area contributed by atoms with Crippen LogP contribution in [0.5, 0.6) is 17.2 Å². The van der Waals surface area contributed by atoms with E-state index in [0.29, 0.717) is 38.8 Å². The molecule has 0 radical (unpaired) electrons. The molecule has 1 heterocycles. The lowest BCUT2D eigenvalue weighted by Crippen LogP contribution is -2.20.